The number of thiazole rings is 1. The summed E-state index contributed by atoms with van der Waals surface area (Å²) in [5.74, 6) is -0.356. The monoisotopic (exact) mass is 531 g/mol. The summed E-state index contributed by atoms with van der Waals surface area (Å²) in [5.41, 5.74) is 2.16. The van der Waals surface area contributed by atoms with E-state index < -0.39 is 10.8 Å². The van der Waals surface area contributed by atoms with Crippen molar-refractivity contribution in [1.29, 1.82) is 0 Å². The first-order chi connectivity index (χ1) is 14.5. The van der Waals surface area contributed by atoms with E-state index in [0.29, 0.717) is 5.69 Å². The van der Waals surface area contributed by atoms with Crippen LogP contribution in [0.25, 0.3) is 20.8 Å². The largest absolute Gasteiger partial charge is 0.490 e. The Bertz CT molecular complexity index is 1260. The number of aromatic nitrogens is 1. The van der Waals surface area contributed by atoms with E-state index in [0.717, 1.165) is 24.4 Å². The molecule has 4 aromatic rings. The van der Waals surface area contributed by atoms with Gasteiger partial charge in [-0.15, -0.1) is 11.3 Å². The molecule has 0 fully saturated rings. The highest BCUT2D eigenvalue weighted by molar-refractivity contribution is 14.1. The van der Waals surface area contributed by atoms with Gasteiger partial charge in [-0.3, -0.25) is 14.9 Å². The molecule has 0 saturated carbocycles. The van der Waals surface area contributed by atoms with Gasteiger partial charge in [-0.2, -0.15) is 0 Å². The van der Waals surface area contributed by atoms with Crippen LogP contribution >= 0.6 is 33.9 Å². The van der Waals surface area contributed by atoms with Crippen molar-refractivity contribution in [2.75, 3.05) is 12.4 Å². The minimum absolute atomic E-state index is 0.0981. The maximum atomic E-state index is 12.8. The molecule has 30 heavy (non-hydrogen) atoms. The molecular weight excluding hydrogens is 517 g/mol. The number of benzene rings is 3. The number of nitro benzene ring substituents is 1. The van der Waals surface area contributed by atoms with Crippen LogP contribution in [0.15, 0.2) is 60.7 Å². The highest BCUT2D eigenvalue weighted by Gasteiger charge is 2.20. The van der Waals surface area contributed by atoms with Gasteiger partial charge in [0.2, 0.25) is 0 Å². The lowest BCUT2D eigenvalue weighted by molar-refractivity contribution is -0.385. The Morgan fingerprint density at radius 2 is 1.97 bits per heavy atom. The molecule has 3 aromatic carbocycles. The quantitative estimate of drug-likeness (QED) is 0.202. The van der Waals surface area contributed by atoms with Crippen molar-refractivity contribution < 1.29 is 14.5 Å². The topological polar surface area (TPSA) is 94.4 Å². The first kappa shape index (κ1) is 20.2. The Hall–Kier alpha value is -3.05. The number of anilines is 1. The number of nitro groups is 1. The zero-order valence-corrected chi connectivity index (χ0v) is 18.6. The zero-order valence-electron chi connectivity index (χ0n) is 15.6. The SMILES string of the molecule is COc1ccc(C(=O)Nc2ccc(I)cc2-c2nc3ccccc3s2)cc1[N+](=O)[O-]. The van der Waals surface area contributed by atoms with Gasteiger partial charge in [0.1, 0.15) is 5.01 Å². The van der Waals surface area contributed by atoms with Crippen molar-refractivity contribution >= 4 is 61.4 Å². The van der Waals surface area contributed by atoms with E-state index in [4.69, 9.17) is 4.74 Å². The molecule has 1 heterocycles. The molecule has 0 radical (unpaired) electrons. The molecule has 0 atom stereocenters. The van der Waals surface area contributed by atoms with E-state index in [9.17, 15) is 14.9 Å². The summed E-state index contributed by atoms with van der Waals surface area (Å²) in [6, 6.07) is 17.6. The number of rotatable bonds is 5. The smallest absolute Gasteiger partial charge is 0.311 e. The number of methoxy groups -OCH3 is 1. The number of ether oxygens (including phenoxy) is 1. The number of nitrogens with one attached hydrogen (secondary N) is 1. The van der Waals surface area contributed by atoms with Gasteiger partial charge in [0, 0.05) is 20.8 Å². The minimum Gasteiger partial charge on any atom is -0.490 e. The molecule has 4 rings (SSSR count). The number of halogens is 1. The van der Waals surface area contributed by atoms with Crippen LogP contribution in [0.1, 0.15) is 10.4 Å². The van der Waals surface area contributed by atoms with Gasteiger partial charge in [-0.05, 0) is 65.1 Å². The average molecular weight is 531 g/mol. The third-order valence-corrected chi connectivity index (χ3v) is 6.13. The van der Waals surface area contributed by atoms with Crippen molar-refractivity contribution in [2.24, 2.45) is 0 Å². The summed E-state index contributed by atoms with van der Waals surface area (Å²) in [6.07, 6.45) is 0. The molecule has 0 bridgehead atoms. The van der Waals surface area contributed by atoms with Gasteiger partial charge in [0.05, 0.1) is 27.9 Å². The lowest BCUT2D eigenvalue weighted by atomic mass is 10.1. The number of carbonyl (C=O) groups excluding carboxylic acids is 1. The van der Waals surface area contributed by atoms with E-state index in [2.05, 4.69) is 32.9 Å². The van der Waals surface area contributed by atoms with Crippen LogP contribution in [0, 0.1) is 13.7 Å². The van der Waals surface area contributed by atoms with Crippen LogP contribution in [-0.4, -0.2) is 22.9 Å². The maximum Gasteiger partial charge on any atom is 0.311 e. The number of hydrogen-bond acceptors (Lipinski definition) is 6. The molecule has 0 aliphatic heterocycles. The van der Waals surface area contributed by atoms with Gasteiger partial charge in [-0.1, -0.05) is 12.1 Å². The summed E-state index contributed by atoms with van der Waals surface area (Å²) in [6.45, 7) is 0. The second kappa shape index (κ2) is 8.36. The molecular formula is C21H14IN3O4S. The van der Waals surface area contributed by atoms with Crippen molar-refractivity contribution in [2.45, 2.75) is 0 Å². The number of fused-ring (bicyclic) bond motifs is 1. The molecule has 0 aliphatic carbocycles. The Kier molecular flexibility index (Phi) is 5.64. The average Bonchev–Trinajstić information content (AvgIpc) is 3.18. The highest BCUT2D eigenvalue weighted by Crippen LogP contribution is 2.36. The summed E-state index contributed by atoms with van der Waals surface area (Å²) in [4.78, 5) is 28.2. The number of amides is 1. The van der Waals surface area contributed by atoms with Crippen LogP contribution in [0.4, 0.5) is 11.4 Å². The Morgan fingerprint density at radius 3 is 2.70 bits per heavy atom. The number of carbonyl (C=O) groups is 1. The highest BCUT2D eigenvalue weighted by atomic mass is 127. The minimum atomic E-state index is -0.576. The van der Waals surface area contributed by atoms with E-state index in [1.165, 1.54) is 36.6 Å². The second-order valence-corrected chi connectivity index (χ2v) is 8.55. The van der Waals surface area contributed by atoms with E-state index in [-0.39, 0.29) is 17.0 Å². The standard InChI is InChI=1S/C21H14IN3O4S/c1-29-18-9-6-12(10-17(18)25(27)28)20(26)23-15-8-7-13(22)11-14(15)21-24-16-4-2-3-5-19(16)30-21/h2-11H,1H3,(H,23,26). The zero-order chi connectivity index (χ0) is 21.3. The van der Waals surface area contributed by atoms with E-state index >= 15 is 0 Å². The summed E-state index contributed by atoms with van der Waals surface area (Å²) >= 11 is 3.74. The molecule has 7 nitrogen and oxygen atoms in total. The molecule has 0 aliphatic rings. The third kappa shape index (κ3) is 3.98. The molecule has 1 N–H and O–H groups in total. The molecule has 9 heteroatoms. The molecule has 0 spiro atoms. The normalized spacial score (nSPS) is 10.7. The van der Waals surface area contributed by atoms with Crippen LogP contribution in [0.5, 0.6) is 5.75 Å². The van der Waals surface area contributed by atoms with E-state index in [1.807, 2.05) is 36.4 Å². The molecule has 0 unspecified atom stereocenters. The summed E-state index contributed by atoms with van der Waals surface area (Å²) < 4.78 is 7.05. The van der Waals surface area contributed by atoms with Gasteiger partial charge >= 0.3 is 5.69 Å². The Labute approximate surface area is 189 Å². The second-order valence-electron chi connectivity index (χ2n) is 6.27. The predicted octanol–water partition coefficient (Wildman–Crippen LogP) is 5.74. The van der Waals surface area contributed by atoms with Crippen molar-refractivity contribution in [3.05, 3.63) is 79.9 Å². The fourth-order valence-corrected chi connectivity index (χ4v) is 4.45. The van der Waals surface area contributed by atoms with Crippen molar-refractivity contribution in [3.8, 4) is 16.3 Å². The fourth-order valence-electron chi connectivity index (χ4n) is 2.96. The van der Waals surface area contributed by atoms with Crippen LogP contribution < -0.4 is 10.1 Å². The Balaban J connectivity index is 1.71. The van der Waals surface area contributed by atoms with Gasteiger partial charge in [-0.25, -0.2) is 4.98 Å². The van der Waals surface area contributed by atoms with Crippen LogP contribution in [0.3, 0.4) is 0 Å². The van der Waals surface area contributed by atoms with Gasteiger partial charge < -0.3 is 10.1 Å². The van der Waals surface area contributed by atoms with E-state index in [1.54, 1.807) is 6.07 Å². The summed E-state index contributed by atoms with van der Waals surface area (Å²) in [5, 5.41) is 14.9. The molecule has 1 aromatic heterocycles. The fraction of sp³-hybridized carbons (Fsp3) is 0.0476. The number of para-hydroxylation sites is 1. The maximum absolute atomic E-state index is 12.8. The first-order valence-corrected chi connectivity index (χ1v) is 10.6. The Morgan fingerprint density at radius 1 is 1.17 bits per heavy atom. The van der Waals surface area contributed by atoms with Crippen molar-refractivity contribution in [1.82, 2.24) is 4.98 Å². The lowest BCUT2D eigenvalue weighted by Gasteiger charge is -2.11. The number of nitrogens with zero attached hydrogens (tertiary/aromatic N) is 2. The molecule has 1 amide bonds. The van der Waals surface area contributed by atoms with Crippen LogP contribution in [0.2, 0.25) is 0 Å². The number of hydrogen-bond donors (Lipinski definition) is 1. The van der Waals surface area contributed by atoms with Crippen molar-refractivity contribution in [3.63, 3.8) is 0 Å². The van der Waals surface area contributed by atoms with Gasteiger partial charge in [0.15, 0.2) is 5.75 Å². The van der Waals surface area contributed by atoms with Gasteiger partial charge in [0.25, 0.3) is 5.91 Å². The lowest BCUT2D eigenvalue weighted by Crippen LogP contribution is -2.13. The molecule has 0 saturated heterocycles. The molecule has 150 valence electrons. The predicted molar refractivity (Wildman–Crippen MR) is 125 cm³/mol. The third-order valence-electron chi connectivity index (χ3n) is 4.39. The summed E-state index contributed by atoms with van der Waals surface area (Å²) in [7, 11) is 1.35. The van der Waals surface area contributed by atoms with Crippen LogP contribution in [-0.2, 0) is 0 Å². The first-order valence-electron chi connectivity index (χ1n) is 8.75.